The van der Waals surface area contributed by atoms with Crippen LogP contribution in [0.25, 0.3) is 11.0 Å². The number of carbonyl (C=O) groups is 2. The molecule has 3 aliphatic rings. The van der Waals surface area contributed by atoms with Crippen molar-refractivity contribution in [2.24, 2.45) is 18.9 Å². The van der Waals surface area contributed by atoms with E-state index in [4.69, 9.17) is 0 Å². The van der Waals surface area contributed by atoms with Gasteiger partial charge in [-0.1, -0.05) is 43.5 Å². The van der Waals surface area contributed by atoms with E-state index >= 15 is 4.39 Å². The predicted octanol–water partition coefficient (Wildman–Crippen LogP) is 6.78. The third kappa shape index (κ3) is 5.22. The molecule has 44 heavy (non-hydrogen) atoms. The lowest BCUT2D eigenvalue weighted by atomic mass is 9.76. The summed E-state index contributed by atoms with van der Waals surface area (Å²) in [5.41, 5.74) is 4.76. The number of likely N-dealkylation sites (tertiary alicyclic amines) is 1. The Labute approximate surface area is 257 Å². The zero-order valence-electron chi connectivity index (χ0n) is 25.3. The standard InChI is InChI=1S/C35H39FN6O2/c1-21-7-5-11-28(36)32(21)35(44)42-30-12-6-8-23(30)17-27(34(43)40-26-18-31-29(37-19-26)20-38-41(31)2)33(42)22-13-15-25(16-14-22)39-24-9-3-4-10-24/h5,7,11,13-16,18-20,23-24,27,30,33,39H,3-4,6,8-10,12,17H2,1-2H3,(H,40,43). The molecule has 3 heterocycles. The highest BCUT2D eigenvalue weighted by atomic mass is 19.1. The maximum atomic E-state index is 15.3. The van der Waals surface area contributed by atoms with Crippen LogP contribution in [-0.2, 0) is 11.8 Å². The summed E-state index contributed by atoms with van der Waals surface area (Å²) in [5.74, 6) is -1.40. The van der Waals surface area contributed by atoms with Gasteiger partial charge in [-0.15, -0.1) is 0 Å². The summed E-state index contributed by atoms with van der Waals surface area (Å²) < 4.78 is 17.0. The first-order valence-electron chi connectivity index (χ1n) is 15.9. The number of halogens is 1. The highest BCUT2D eigenvalue weighted by Gasteiger charge is 2.50. The van der Waals surface area contributed by atoms with Crippen LogP contribution in [0, 0.1) is 24.6 Å². The largest absolute Gasteiger partial charge is 0.382 e. The zero-order valence-corrected chi connectivity index (χ0v) is 25.3. The van der Waals surface area contributed by atoms with Crippen LogP contribution in [0.4, 0.5) is 15.8 Å². The number of anilines is 2. The second-order valence-corrected chi connectivity index (χ2v) is 12.8. The maximum absolute atomic E-state index is 15.3. The molecule has 9 heteroatoms. The van der Waals surface area contributed by atoms with Gasteiger partial charge >= 0.3 is 0 Å². The Balaban J connectivity index is 1.27. The summed E-state index contributed by atoms with van der Waals surface area (Å²) in [6.45, 7) is 1.77. The van der Waals surface area contributed by atoms with Gasteiger partial charge in [0.1, 0.15) is 11.3 Å². The third-order valence-corrected chi connectivity index (χ3v) is 10.1. The smallest absolute Gasteiger partial charge is 0.257 e. The first-order chi connectivity index (χ1) is 21.4. The lowest BCUT2D eigenvalue weighted by Crippen LogP contribution is -2.54. The molecule has 0 radical (unpaired) electrons. The molecule has 2 saturated carbocycles. The number of nitrogens with one attached hydrogen (secondary N) is 2. The van der Waals surface area contributed by atoms with Crippen molar-refractivity contribution in [2.45, 2.75) is 76.4 Å². The van der Waals surface area contributed by atoms with Gasteiger partial charge in [-0.25, -0.2) is 4.39 Å². The van der Waals surface area contributed by atoms with Crippen LogP contribution in [0.1, 0.15) is 78.9 Å². The number of aromatic nitrogens is 3. The van der Waals surface area contributed by atoms with Crippen molar-refractivity contribution in [3.63, 3.8) is 0 Å². The average molecular weight is 595 g/mol. The summed E-state index contributed by atoms with van der Waals surface area (Å²) in [6, 6.07) is 14.7. The summed E-state index contributed by atoms with van der Waals surface area (Å²) in [4.78, 5) is 35.0. The first kappa shape index (κ1) is 28.5. The molecule has 3 fully saturated rings. The fourth-order valence-corrected chi connectivity index (χ4v) is 7.88. The molecule has 4 unspecified atom stereocenters. The van der Waals surface area contributed by atoms with Crippen LogP contribution in [0.3, 0.4) is 0 Å². The monoisotopic (exact) mass is 594 g/mol. The number of hydrogen-bond acceptors (Lipinski definition) is 5. The van der Waals surface area contributed by atoms with E-state index in [0.717, 1.165) is 41.5 Å². The number of rotatable bonds is 6. The van der Waals surface area contributed by atoms with Gasteiger partial charge in [0.25, 0.3) is 5.91 Å². The van der Waals surface area contributed by atoms with E-state index in [9.17, 15) is 9.59 Å². The third-order valence-electron chi connectivity index (χ3n) is 10.1. The summed E-state index contributed by atoms with van der Waals surface area (Å²) >= 11 is 0. The molecule has 2 aromatic carbocycles. The molecule has 228 valence electrons. The van der Waals surface area contributed by atoms with E-state index < -0.39 is 17.8 Å². The number of pyridine rings is 1. The number of carbonyl (C=O) groups excluding carboxylic acids is 2. The number of hydrogen-bond donors (Lipinski definition) is 2. The molecule has 2 aliphatic carbocycles. The van der Waals surface area contributed by atoms with Crippen molar-refractivity contribution in [1.29, 1.82) is 0 Å². The van der Waals surface area contributed by atoms with E-state index in [2.05, 4.69) is 32.8 Å². The molecular formula is C35H39FN6O2. The molecule has 2 amide bonds. The first-order valence-corrected chi connectivity index (χ1v) is 15.9. The zero-order chi connectivity index (χ0) is 30.4. The molecule has 7 rings (SSSR count). The molecule has 4 atom stereocenters. The van der Waals surface area contributed by atoms with Crippen molar-refractivity contribution >= 4 is 34.2 Å². The van der Waals surface area contributed by atoms with Gasteiger partial charge in [0.05, 0.1) is 41.1 Å². The van der Waals surface area contributed by atoms with Crippen LogP contribution < -0.4 is 10.6 Å². The Bertz CT molecular complexity index is 1680. The fraction of sp³-hybridized carbons (Fsp3) is 0.429. The van der Waals surface area contributed by atoms with E-state index in [0.29, 0.717) is 23.7 Å². The van der Waals surface area contributed by atoms with Crippen molar-refractivity contribution in [3.8, 4) is 0 Å². The number of benzene rings is 2. The molecule has 1 saturated heterocycles. The second-order valence-electron chi connectivity index (χ2n) is 12.8. The lowest BCUT2D eigenvalue weighted by molar-refractivity contribution is -0.125. The highest BCUT2D eigenvalue weighted by Crippen LogP contribution is 2.49. The number of amides is 2. The molecule has 1 aliphatic heterocycles. The molecule has 4 aromatic rings. The van der Waals surface area contributed by atoms with E-state index in [1.165, 1.54) is 31.7 Å². The Hall–Kier alpha value is -4.27. The topological polar surface area (TPSA) is 92.2 Å². The van der Waals surface area contributed by atoms with Crippen LogP contribution in [-0.4, -0.2) is 43.6 Å². The van der Waals surface area contributed by atoms with E-state index in [1.807, 2.05) is 30.1 Å². The SMILES string of the molecule is Cc1cccc(F)c1C(=O)N1C2CCCC2CC(C(=O)Nc2cnc3cnn(C)c3c2)C1c1ccc(NC2CCCC2)cc1. The number of fused-ring (bicyclic) bond motifs is 2. The summed E-state index contributed by atoms with van der Waals surface area (Å²) in [7, 11) is 1.84. The molecule has 2 aromatic heterocycles. The Morgan fingerprint density at radius 1 is 0.955 bits per heavy atom. The van der Waals surface area contributed by atoms with Crippen LogP contribution >= 0.6 is 0 Å². The molecule has 2 N–H and O–H groups in total. The van der Waals surface area contributed by atoms with Crippen LogP contribution in [0.2, 0.25) is 0 Å². The Morgan fingerprint density at radius 3 is 2.52 bits per heavy atom. The Morgan fingerprint density at radius 2 is 1.75 bits per heavy atom. The summed E-state index contributed by atoms with van der Waals surface area (Å²) in [5, 5.41) is 11.0. The molecule has 0 spiro atoms. The fourth-order valence-electron chi connectivity index (χ4n) is 7.88. The van der Waals surface area contributed by atoms with Gasteiger partial charge in [0, 0.05) is 24.8 Å². The minimum atomic E-state index is -0.546. The predicted molar refractivity (Wildman–Crippen MR) is 169 cm³/mol. The minimum absolute atomic E-state index is 0.0562. The molecule has 0 bridgehead atoms. The average Bonchev–Trinajstić information content (AvgIpc) is 3.79. The van der Waals surface area contributed by atoms with E-state index in [1.54, 1.807) is 36.1 Å². The normalized spacial score (nSPS) is 23.6. The van der Waals surface area contributed by atoms with Gasteiger partial charge in [0.15, 0.2) is 0 Å². The van der Waals surface area contributed by atoms with Gasteiger partial charge in [-0.3, -0.25) is 19.3 Å². The van der Waals surface area contributed by atoms with E-state index in [-0.39, 0.29) is 29.3 Å². The van der Waals surface area contributed by atoms with Crippen molar-refractivity contribution < 1.29 is 14.0 Å². The van der Waals surface area contributed by atoms with Crippen molar-refractivity contribution in [2.75, 3.05) is 10.6 Å². The van der Waals surface area contributed by atoms with Gasteiger partial charge in [-0.2, -0.15) is 5.10 Å². The quantitative estimate of drug-likeness (QED) is 0.257. The number of aryl methyl sites for hydroxylation is 2. The molecule has 8 nitrogen and oxygen atoms in total. The Kier molecular flexibility index (Phi) is 7.56. The van der Waals surface area contributed by atoms with Crippen molar-refractivity contribution in [1.82, 2.24) is 19.7 Å². The number of piperidine rings is 1. The second kappa shape index (κ2) is 11.7. The maximum Gasteiger partial charge on any atom is 0.257 e. The lowest BCUT2D eigenvalue weighted by Gasteiger charge is -2.48. The van der Waals surface area contributed by atoms with Gasteiger partial charge < -0.3 is 15.5 Å². The van der Waals surface area contributed by atoms with Gasteiger partial charge in [0.2, 0.25) is 5.91 Å². The van der Waals surface area contributed by atoms with Crippen molar-refractivity contribution in [3.05, 3.63) is 83.4 Å². The number of nitrogens with zero attached hydrogens (tertiary/aromatic N) is 4. The van der Waals surface area contributed by atoms with Crippen LogP contribution in [0.5, 0.6) is 0 Å². The van der Waals surface area contributed by atoms with Gasteiger partial charge in [-0.05, 0) is 80.3 Å². The highest BCUT2D eigenvalue weighted by molar-refractivity contribution is 5.99. The van der Waals surface area contributed by atoms with Crippen LogP contribution in [0.15, 0.2) is 60.9 Å². The summed E-state index contributed by atoms with van der Waals surface area (Å²) in [6.07, 6.45) is 11.6. The molecular weight excluding hydrogens is 555 g/mol. The minimum Gasteiger partial charge on any atom is -0.382 e.